The molecular weight excluding hydrogens is 302 g/mol. The van der Waals surface area contributed by atoms with Gasteiger partial charge in [-0.2, -0.15) is 0 Å². The normalized spacial score (nSPS) is 26.1. The molecule has 0 bridgehead atoms. The van der Waals surface area contributed by atoms with E-state index in [1.54, 1.807) is 4.90 Å². The van der Waals surface area contributed by atoms with Gasteiger partial charge in [0.1, 0.15) is 0 Å². The van der Waals surface area contributed by atoms with Crippen molar-refractivity contribution in [1.29, 1.82) is 0 Å². The van der Waals surface area contributed by atoms with Gasteiger partial charge in [-0.15, -0.1) is 0 Å². The fraction of sp³-hybridized carbons (Fsp3) is 0.933. The second-order valence-electron chi connectivity index (χ2n) is 6.94. The van der Waals surface area contributed by atoms with Crippen molar-refractivity contribution in [2.75, 3.05) is 39.0 Å². The Morgan fingerprint density at radius 1 is 1.23 bits per heavy atom. The van der Waals surface area contributed by atoms with Gasteiger partial charge in [0.05, 0.1) is 5.25 Å². The van der Waals surface area contributed by atoms with Crippen LogP contribution in [0.1, 0.15) is 33.1 Å². The van der Waals surface area contributed by atoms with Crippen molar-refractivity contribution in [3.05, 3.63) is 0 Å². The van der Waals surface area contributed by atoms with Crippen LogP contribution in [0, 0.1) is 5.92 Å². The first-order chi connectivity index (χ1) is 10.3. The average molecular weight is 331 g/mol. The summed E-state index contributed by atoms with van der Waals surface area (Å²) in [6, 6.07) is 0.188. The van der Waals surface area contributed by atoms with Crippen LogP contribution in [0.25, 0.3) is 0 Å². The zero-order valence-corrected chi connectivity index (χ0v) is 14.7. The summed E-state index contributed by atoms with van der Waals surface area (Å²) in [7, 11) is -3.05. The maximum Gasteiger partial charge on any atom is 0.317 e. The van der Waals surface area contributed by atoms with Crippen molar-refractivity contribution >= 4 is 15.9 Å². The molecule has 0 aromatic carbocycles. The molecular formula is C15H29N3O3S. The molecule has 2 heterocycles. The molecule has 1 N–H and O–H groups in total. The molecule has 2 amide bonds. The Morgan fingerprint density at radius 3 is 2.41 bits per heavy atom. The van der Waals surface area contributed by atoms with Crippen LogP contribution in [0.4, 0.5) is 4.79 Å². The number of hydrogen-bond acceptors (Lipinski definition) is 4. The molecule has 0 radical (unpaired) electrons. The topological polar surface area (TPSA) is 69.7 Å². The molecule has 0 aliphatic carbocycles. The molecule has 2 rings (SSSR count). The predicted molar refractivity (Wildman–Crippen MR) is 87.7 cm³/mol. The van der Waals surface area contributed by atoms with Crippen LogP contribution in [-0.2, 0) is 9.84 Å². The molecule has 128 valence electrons. The van der Waals surface area contributed by atoms with Gasteiger partial charge < -0.3 is 10.2 Å². The molecule has 0 spiro atoms. The van der Waals surface area contributed by atoms with Crippen LogP contribution < -0.4 is 5.32 Å². The van der Waals surface area contributed by atoms with E-state index >= 15 is 0 Å². The van der Waals surface area contributed by atoms with E-state index in [2.05, 4.69) is 24.1 Å². The van der Waals surface area contributed by atoms with Crippen molar-refractivity contribution in [2.24, 2.45) is 5.92 Å². The minimum atomic E-state index is -3.05. The molecule has 2 aliphatic heterocycles. The molecule has 22 heavy (non-hydrogen) atoms. The molecule has 0 aromatic rings. The minimum Gasteiger partial charge on any atom is -0.336 e. The molecule has 0 saturated carbocycles. The number of hydrogen-bond donors (Lipinski definition) is 1. The maximum absolute atomic E-state index is 12.2. The van der Waals surface area contributed by atoms with Gasteiger partial charge in [-0.3, -0.25) is 4.90 Å². The lowest BCUT2D eigenvalue weighted by Gasteiger charge is -2.35. The molecule has 2 saturated heterocycles. The Labute approximate surface area is 134 Å². The van der Waals surface area contributed by atoms with Crippen LogP contribution in [0.2, 0.25) is 0 Å². The van der Waals surface area contributed by atoms with Gasteiger partial charge in [0.2, 0.25) is 0 Å². The monoisotopic (exact) mass is 331 g/mol. The highest BCUT2D eigenvalue weighted by molar-refractivity contribution is 7.91. The van der Waals surface area contributed by atoms with Crippen molar-refractivity contribution in [1.82, 2.24) is 15.1 Å². The van der Waals surface area contributed by atoms with E-state index < -0.39 is 15.1 Å². The first-order valence-corrected chi connectivity index (χ1v) is 10.2. The lowest BCUT2D eigenvalue weighted by molar-refractivity contribution is 0.143. The van der Waals surface area contributed by atoms with Gasteiger partial charge in [-0.25, -0.2) is 13.2 Å². The largest absolute Gasteiger partial charge is 0.336 e. The summed E-state index contributed by atoms with van der Waals surface area (Å²) in [5.74, 6) is 0.801. The SMILES string of the molecule is CC1CCN([C@H](C)CNC(=O)N2CC[C@@H](S(C)(=O)=O)C2)CC1. The zero-order valence-electron chi connectivity index (χ0n) is 13.9. The van der Waals surface area contributed by atoms with Crippen LogP contribution in [0.5, 0.6) is 0 Å². The third-order valence-corrected chi connectivity index (χ3v) is 6.62. The Bertz CT molecular complexity index is 486. The van der Waals surface area contributed by atoms with Crippen LogP contribution >= 0.6 is 0 Å². The molecule has 7 heteroatoms. The minimum absolute atomic E-state index is 0.136. The van der Waals surface area contributed by atoms with E-state index in [-0.39, 0.29) is 6.03 Å². The van der Waals surface area contributed by atoms with E-state index in [4.69, 9.17) is 0 Å². The highest BCUT2D eigenvalue weighted by Gasteiger charge is 2.32. The van der Waals surface area contributed by atoms with Gasteiger partial charge in [0.25, 0.3) is 0 Å². The van der Waals surface area contributed by atoms with Crippen molar-refractivity contribution in [2.45, 2.75) is 44.4 Å². The summed E-state index contributed by atoms with van der Waals surface area (Å²) in [6.07, 6.45) is 4.24. The van der Waals surface area contributed by atoms with Crippen molar-refractivity contribution in [3.8, 4) is 0 Å². The van der Waals surface area contributed by atoms with E-state index in [0.717, 1.165) is 19.0 Å². The number of urea groups is 1. The Hall–Kier alpha value is -0.820. The molecule has 2 fully saturated rings. The summed E-state index contributed by atoms with van der Waals surface area (Å²) in [4.78, 5) is 16.2. The Morgan fingerprint density at radius 2 is 1.86 bits per heavy atom. The average Bonchev–Trinajstić information content (AvgIpc) is 2.95. The second kappa shape index (κ2) is 7.17. The number of likely N-dealkylation sites (tertiary alicyclic amines) is 2. The van der Waals surface area contributed by atoms with Gasteiger partial charge in [0, 0.05) is 31.9 Å². The van der Waals surface area contributed by atoms with Crippen LogP contribution in [0.3, 0.4) is 0 Å². The predicted octanol–water partition coefficient (Wildman–Crippen LogP) is 0.935. The zero-order chi connectivity index (χ0) is 16.3. The lowest BCUT2D eigenvalue weighted by atomic mass is 9.98. The van der Waals surface area contributed by atoms with Crippen LogP contribution in [0.15, 0.2) is 0 Å². The molecule has 0 aromatic heterocycles. The molecule has 0 unspecified atom stereocenters. The first-order valence-electron chi connectivity index (χ1n) is 8.23. The number of carbonyl (C=O) groups is 1. The molecule has 2 atom stereocenters. The van der Waals surface area contributed by atoms with Crippen LogP contribution in [-0.4, -0.2) is 74.5 Å². The lowest BCUT2D eigenvalue weighted by Crippen LogP contribution is -2.48. The molecule has 6 nitrogen and oxygen atoms in total. The third kappa shape index (κ3) is 4.59. The second-order valence-corrected chi connectivity index (χ2v) is 9.27. The Balaban J connectivity index is 1.74. The number of carbonyl (C=O) groups excluding carboxylic acids is 1. The first kappa shape index (κ1) is 17.5. The van der Waals surface area contributed by atoms with Crippen molar-refractivity contribution < 1.29 is 13.2 Å². The maximum atomic E-state index is 12.2. The fourth-order valence-corrected chi connectivity index (χ4v) is 4.19. The summed E-state index contributed by atoms with van der Waals surface area (Å²) >= 11 is 0. The smallest absolute Gasteiger partial charge is 0.317 e. The fourth-order valence-electron chi connectivity index (χ4n) is 3.21. The van der Waals surface area contributed by atoms with E-state index in [0.29, 0.717) is 32.1 Å². The van der Waals surface area contributed by atoms with Gasteiger partial charge in [-0.1, -0.05) is 6.92 Å². The van der Waals surface area contributed by atoms with E-state index in [9.17, 15) is 13.2 Å². The standard InChI is InChI=1S/C15H29N3O3S/c1-12-4-7-17(8-5-12)13(2)10-16-15(19)18-9-6-14(11-18)22(3,20)21/h12-14H,4-11H2,1-3H3,(H,16,19)/t13-,14-/m1/s1. The molecule has 2 aliphatic rings. The number of nitrogens with zero attached hydrogens (tertiary/aromatic N) is 2. The summed E-state index contributed by atoms with van der Waals surface area (Å²) in [6.45, 7) is 8.08. The quantitative estimate of drug-likeness (QED) is 0.832. The van der Waals surface area contributed by atoms with Gasteiger partial charge >= 0.3 is 6.03 Å². The highest BCUT2D eigenvalue weighted by Crippen LogP contribution is 2.18. The third-order valence-electron chi connectivity index (χ3n) is 5.03. The number of rotatable bonds is 4. The van der Waals surface area contributed by atoms with Gasteiger partial charge in [0.15, 0.2) is 9.84 Å². The summed E-state index contributed by atoms with van der Waals surface area (Å²) in [5.41, 5.74) is 0. The number of sulfone groups is 1. The summed E-state index contributed by atoms with van der Waals surface area (Å²) < 4.78 is 23.1. The van der Waals surface area contributed by atoms with Crippen molar-refractivity contribution in [3.63, 3.8) is 0 Å². The Kier molecular flexibility index (Phi) is 5.71. The van der Waals surface area contributed by atoms with E-state index in [1.807, 2.05) is 0 Å². The van der Waals surface area contributed by atoms with Gasteiger partial charge in [-0.05, 0) is 45.2 Å². The van der Waals surface area contributed by atoms with E-state index in [1.165, 1.54) is 19.1 Å². The number of amides is 2. The highest BCUT2D eigenvalue weighted by atomic mass is 32.2. The number of piperidine rings is 1. The summed E-state index contributed by atoms with van der Waals surface area (Å²) in [5, 5.41) is 2.55. The number of nitrogens with one attached hydrogen (secondary N) is 1.